The number of carbonyl (C=O) groups is 4. The van der Waals surface area contributed by atoms with Crippen LogP contribution in [-0.2, 0) is 14.4 Å². The molecule has 1 heterocycles. The summed E-state index contributed by atoms with van der Waals surface area (Å²) in [6, 6.07) is -0.963. The van der Waals surface area contributed by atoms with Crippen LogP contribution in [-0.4, -0.2) is 34.6 Å². The molecule has 12 heavy (non-hydrogen) atoms. The second-order valence-corrected chi connectivity index (χ2v) is 1.57. The maximum Gasteiger partial charge on any atom is 0.328 e. The molecule has 4 amide bonds. The van der Waals surface area contributed by atoms with Crippen molar-refractivity contribution in [2.75, 3.05) is 0 Å². The van der Waals surface area contributed by atoms with Gasteiger partial charge in [-0.25, -0.2) is 4.79 Å². The van der Waals surface area contributed by atoms with Gasteiger partial charge in [0.05, 0.1) is 0 Å². The molecule has 0 aromatic heterocycles. The lowest BCUT2D eigenvalue weighted by Crippen LogP contribution is -2.56. The predicted octanol–water partition coefficient (Wildman–Crippen LogP) is -3.73. The molecule has 0 saturated carbocycles. The van der Waals surface area contributed by atoms with E-state index in [9.17, 15) is 19.2 Å². The van der Waals surface area contributed by atoms with E-state index < -0.39 is 23.6 Å². The zero-order chi connectivity index (χ0) is 7.72. The molecule has 0 radical (unpaired) electrons. The molecule has 1 fully saturated rings. The Hall–Kier alpha value is -1.80. The molecular formula is C4H6N2O6. The van der Waals surface area contributed by atoms with Gasteiger partial charge in [0.1, 0.15) is 0 Å². The minimum absolute atomic E-state index is 0. The van der Waals surface area contributed by atoms with Crippen LogP contribution in [0.4, 0.5) is 4.79 Å². The maximum absolute atomic E-state index is 10.3. The smallest absolute Gasteiger partial charge is 0.328 e. The van der Waals surface area contributed by atoms with E-state index in [1.807, 2.05) is 0 Å². The van der Waals surface area contributed by atoms with E-state index in [-0.39, 0.29) is 11.0 Å². The number of Topliss-reactive ketones (excluding diaryl/α,β-unsaturated/α-hetero) is 1. The van der Waals surface area contributed by atoms with Crippen LogP contribution in [0.25, 0.3) is 0 Å². The summed E-state index contributed by atoms with van der Waals surface area (Å²) in [5.74, 6) is -3.62. The summed E-state index contributed by atoms with van der Waals surface area (Å²) >= 11 is 0. The van der Waals surface area contributed by atoms with Crippen LogP contribution in [0.3, 0.4) is 0 Å². The zero-order valence-corrected chi connectivity index (χ0v) is 5.63. The van der Waals surface area contributed by atoms with E-state index in [1.165, 1.54) is 0 Å². The van der Waals surface area contributed by atoms with Gasteiger partial charge in [-0.3, -0.25) is 25.0 Å². The van der Waals surface area contributed by atoms with Crippen molar-refractivity contribution in [1.29, 1.82) is 0 Å². The summed E-state index contributed by atoms with van der Waals surface area (Å²) in [6.07, 6.45) is 0. The number of barbiturate groups is 1. The van der Waals surface area contributed by atoms with Gasteiger partial charge in [0, 0.05) is 0 Å². The van der Waals surface area contributed by atoms with Gasteiger partial charge >= 0.3 is 23.6 Å². The van der Waals surface area contributed by atoms with Crippen LogP contribution in [0.15, 0.2) is 0 Å². The van der Waals surface area contributed by atoms with Crippen LogP contribution in [0.1, 0.15) is 0 Å². The Bertz CT molecular complexity index is 224. The largest absolute Gasteiger partial charge is 0.412 e. The summed E-state index contributed by atoms with van der Waals surface area (Å²) in [4.78, 5) is 41.1. The second-order valence-electron chi connectivity index (χ2n) is 1.57. The molecule has 0 unspecified atom stereocenters. The van der Waals surface area contributed by atoms with E-state index in [0.29, 0.717) is 0 Å². The Labute approximate surface area is 65.5 Å². The Kier molecular flexibility index (Phi) is 4.45. The van der Waals surface area contributed by atoms with Crippen molar-refractivity contribution in [3.8, 4) is 0 Å². The Morgan fingerprint density at radius 3 is 1.42 bits per heavy atom. The first kappa shape index (κ1) is 12.8. The van der Waals surface area contributed by atoms with Crippen LogP contribution in [0.2, 0.25) is 0 Å². The van der Waals surface area contributed by atoms with Gasteiger partial charge in [0.2, 0.25) is 0 Å². The molecule has 68 valence electrons. The number of hydrogen-bond acceptors (Lipinski definition) is 4. The van der Waals surface area contributed by atoms with Crippen molar-refractivity contribution >= 4 is 23.6 Å². The van der Waals surface area contributed by atoms with E-state index in [1.54, 1.807) is 10.6 Å². The average Bonchev–Trinajstić information content (AvgIpc) is 1.82. The fourth-order valence-corrected chi connectivity index (χ4v) is 0.454. The normalized spacial score (nSPS) is 15.3. The molecule has 0 bridgehead atoms. The number of imide groups is 2. The van der Waals surface area contributed by atoms with Crippen LogP contribution in [0.5, 0.6) is 0 Å². The van der Waals surface area contributed by atoms with Gasteiger partial charge in [-0.2, -0.15) is 0 Å². The van der Waals surface area contributed by atoms with Gasteiger partial charge in [0.15, 0.2) is 0 Å². The Morgan fingerprint density at radius 2 is 1.08 bits per heavy atom. The first-order chi connectivity index (χ1) is 4.61. The van der Waals surface area contributed by atoms with Gasteiger partial charge in [-0.05, 0) is 0 Å². The van der Waals surface area contributed by atoms with Gasteiger partial charge < -0.3 is 11.0 Å². The molecule has 0 spiro atoms. The van der Waals surface area contributed by atoms with Gasteiger partial charge in [-0.1, -0.05) is 0 Å². The van der Waals surface area contributed by atoms with E-state index >= 15 is 0 Å². The second kappa shape index (κ2) is 4.16. The van der Waals surface area contributed by atoms with Gasteiger partial charge in [0.25, 0.3) is 0 Å². The van der Waals surface area contributed by atoms with Crippen molar-refractivity contribution in [1.82, 2.24) is 10.6 Å². The molecule has 8 nitrogen and oxygen atoms in total. The molecule has 0 aliphatic carbocycles. The third-order valence-corrected chi connectivity index (χ3v) is 0.867. The molecule has 0 aromatic carbocycles. The summed E-state index contributed by atoms with van der Waals surface area (Å²) in [6.45, 7) is 0. The zero-order valence-electron chi connectivity index (χ0n) is 5.63. The monoisotopic (exact) mass is 178 g/mol. The molecule has 1 aliphatic heterocycles. The molecule has 8 heteroatoms. The van der Waals surface area contributed by atoms with Crippen LogP contribution < -0.4 is 10.6 Å². The Morgan fingerprint density at radius 1 is 0.750 bits per heavy atom. The number of nitrogens with one attached hydrogen (secondary N) is 2. The molecular weight excluding hydrogens is 172 g/mol. The first-order valence-corrected chi connectivity index (χ1v) is 2.32. The highest BCUT2D eigenvalue weighted by molar-refractivity contribution is 6.66. The van der Waals surface area contributed by atoms with Crippen LogP contribution in [0, 0.1) is 0 Å². The molecule has 1 saturated heterocycles. The van der Waals surface area contributed by atoms with E-state index in [2.05, 4.69) is 0 Å². The highest BCUT2D eigenvalue weighted by atomic mass is 16.2. The lowest BCUT2D eigenvalue weighted by Gasteiger charge is -2.07. The lowest BCUT2D eigenvalue weighted by molar-refractivity contribution is -0.146. The number of amides is 4. The molecule has 0 atom stereocenters. The minimum Gasteiger partial charge on any atom is -0.412 e. The van der Waals surface area contributed by atoms with E-state index in [0.717, 1.165) is 0 Å². The summed E-state index contributed by atoms with van der Waals surface area (Å²) < 4.78 is 0. The average molecular weight is 178 g/mol. The summed E-state index contributed by atoms with van der Waals surface area (Å²) in [7, 11) is 0. The van der Waals surface area contributed by atoms with Crippen LogP contribution >= 0.6 is 0 Å². The lowest BCUT2D eigenvalue weighted by atomic mass is 10.3. The highest BCUT2D eigenvalue weighted by Gasteiger charge is 2.31. The number of urea groups is 1. The summed E-state index contributed by atoms with van der Waals surface area (Å²) in [5, 5.41) is 3.20. The predicted molar refractivity (Wildman–Crippen MR) is 33.9 cm³/mol. The van der Waals surface area contributed by atoms with Crippen molar-refractivity contribution in [2.24, 2.45) is 0 Å². The fraction of sp³-hybridized carbons (Fsp3) is 0. The number of carbonyl (C=O) groups excluding carboxylic acids is 4. The SMILES string of the molecule is O.O.O=C1NC(=O)C(=O)C(=O)N1. The van der Waals surface area contributed by atoms with E-state index in [4.69, 9.17) is 0 Å². The standard InChI is InChI=1S/C4H2N2O4.2H2O/c7-1-2(8)5-4(10)6-3(1)9;;/h(H2,5,6,8,9,10);2*1H2. The van der Waals surface area contributed by atoms with Crippen molar-refractivity contribution in [3.05, 3.63) is 0 Å². The molecule has 6 N–H and O–H groups in total. The molecule has 1 aliphatic rings. The van der Waals surface area contributed by atoms with Crippen molar-refractivity contribution < 1.29 is 30.1 Å². The highest BCUT2D eigenvalue weighted by Crippen LogP contribution is 1.81. The number of hydrogen-bond donors (Lipinski definition) is 2. The molecule has 1 rings (SSSR count). The number of rotatable bonds is 0. The van der Waals surface area contributed by atoms with Gasteiger partial charge in [-0.15, -0.1) is 0 Å². The topological polar surface area (TPSA) is 155 Å². The summed E-state index contributed by atoms with van der Waals surface area (Å²) in [5.41, 5.74) is 0. The Balaban J connectivity index is 0. The maximum atomic E-state index is 10.3. The quantitative estimate of drug-likeness (QED) is 0.365. The minimum atomic E-state index is -1.25. The van der Waals surface area contributed by atoms with Crippen molar-refractivity contribution in [3.63, 3.8) is 0 Å². The first-order valence-electron chi connectivity index (χ1n) is 2.32. The van der Waals surface area contributed by atoms with Crippen molar-refractivity contribution in [2.45, 2.75) is 0 Å². The third-order valence-electron chi connectivity index (χ3n) is 0.867. The third kappa shape index (κ3) is 2.11. The fourth-order valence-electron chi connectivity index (χ4n) is 0.454. The molecule has 0 aromatic rings. The number of ketones is 1.